The molecule has 0 aliphatic heterocycles. The number of benzene rings is 1. The number of rotatable bonds is 2. The number of nitrogens with zero attached hydrogens (tertiary/aromatic N) is 4. The normalized spacial score (nSPS) is 10.2. The van der Waals surface area contributed by atoms with Crippen molar-refractivity contribution in [2.45, 2.75) is 20.8 Å². The van der Waals surface area contributed by atoms with Gasteiger partial charge in [0.2, 0.25) is 0 Å². The summed E-state index contributed by atoms with van der Waals surface area (Å²) in [5.41, 5.74) is 3.28. The minimum absolute atomic E-state index is 0.0482. The fourth-order valence-electron chi connectivity index (χ4n) is 1.87. The van der Waals surface area contributed by atoms with Crippen molar-refractivity contribution in [3.63, 3.8) is 0 Å². The van der Waals surface area contributed by atoms with Gasteiger partial charge >= 0.3 is 0 Å². The Morgan fingerprint density at radius 2 is 2.05 bits per heavy atom. The molecule has 0 N–H and O–H groups in total. The molecule has 6 heteroatoms. The lowest BCUT2D eigenvalue weighted by molar-refractivity contribution is -0.385. The van der Waals surface area contributed by atoms with Crippen LogP contribution in [0.15, 0.2) is 18.2 Å². The highest BCUT2D eigenvalue weighted by atomic mass is 16.6. The first-order chi connectivity index (χ1) is 8.95. The summed E-state index contributed by atoms with van der Waals surface area (Å²) in [6.45, 7) is 5.74. The molecule has 1 aromatic heterocycles. The van der Waals surface area contributed by atoms with E-state index in [1.165, 1.54) is 12.1 Å². The van der Waals surface area contributed by atoms with Crippen molar-refractivity contribution in [3.8, 4) is 11.8 Å². The fourth-order valence-corrected chi connectivity index (χ4v) is 1.87. The molecule has 0 saturated carbocycles. The van der Waals surface area contributed by atoms with Gasteiger partial charge in [-0.2, -0.15) is 10.4 Å². The van der Waals surface area contributed by atoms with E-state index in [4.69, 9.17) is 5.26 Å². The molecule has 0 bridgehead atoms. The van der Waals surface area contributed by atoms with E-state index < -0.39 is 4.92 Å². The van der Waals surface area contributed by atoms with Gasteiger partial charge < -0.3 is 0 Å². The highest BCUT2D eigenvalue weighted by Gasteiger charge is 2.17. The molecule has 0 saturated heterocycles. The smallest absolute Gasteiger partial charge is 0.258 e. The highest BCUT2D eigenvalue weighted by molar-refractivity contribution is 5.55. The zero-order valence-corrected chi connectivity index (χ0v) is 10.8. The predicted octanol–water partition coefficient (Wildman–Crippen LogP) is 2.58. The zero-order valence-electron chi connectivity index (χ0n) is 10.8. The average Bonchev–Trinajstić information content (AvgIpc) is 2.65. The van der Waals surface area contributed by atoms with Crippen LogP contribution in [0.2, 0.25) is 0 Å². The highest BCUT2D eigenvalue weighted by Crippen LogP contribution is 2.23. The van der Waals surface area contributed by atoms with Crippen molar-refractivity contribution in [3.05, 3.63) is 50.8 Å². The SMILES string of the molecule is Cc1nn(-c2ccc(C#N)c([N+](=O)[O-])c2)c(C)c1C. The summed E-state index contributed by atoms with van der Waals surface area (Å²) in [6.07, 6.45) is 0. The second-order valence-electron chi connectivity index (χ2n) is 4.28. The van der Waals surface area contributed by atoms with Gasteiger partial charge in [0.15, 0.2) is 0 Å². The zero-order chi connectivity index (χ0) is 14.2. The fraction of sp³-hybridized carbons (Fsp3) is 0.231. The van der Waals surface area contributed by atoms with E-state index in [0.29, 0.717) is 5.69 Å². The molecule has 1 heterocycles. The predicted molar refractivity (Wildman–Crippen MR) is 69.1 cm³/mol. The lowest BCUT2D eigenvalue weighted by Crippen LogP contribution is -2.01. The lowest BCUT2D eigenvalue weighted by Gasteiger charge is -2.05. The number of nitro benzene ring substituents is 1. The molecule has 0 amide bonds. The molecule has 96 valence electrons. The number of nitriles is 1. The maximum absolute atomic E-state index is 10.9. The third-order valence-electron chi connectivity index (χ3n) is 3.20. The minimum atomic E-state index is -0.555. The number of hydrogen-bond donors (Lipinski definition) is 0. The Morgan fingerprint density at radius 3 is 2.53 bits per heavy atom. The number of hydrogen-bond acceptors (Lipinski definition) is 4. The molecule has 0 spiro atoms. The second-order valence-corrected chi connectivity index (χ2v) is 4.28. The van der Waals surface area contributed by atoms with Crippen molar-refractivity contribution >= 4 is 5.69 Å². The summed E-state index contributed by atoms with van der Waals surface area (Å²) in [6, 6.07) is 6.29. The van der Waals surface area contributed by atoms with Crippen LogP contribution < -0.4 is 0 Å². The second kappa shape index (κ2) is 4.53. The topological polar surface area (TPSA) is 84.8 Å². The number of nitro groups is 1. The van der Waals surface area contributed by atoms with E-state index >= 15 is 0 Å². The molecule has 2 rings (SSSR count). The van der Waals surface area contributed by atoms with Crippen LogP contribution in [0.4, 0.5) is 5.69 Å². The van der Waals surface area contributed by atoms with Crippen molar-refractivity contribution < 1.29 is 4.92 Å². The number of aromatic nitrogens is 2. The van der Waals surface area contributed by atoms with Crippen molar-refractivity contribution in [1.82, 2.24) is 9.78 Å². The Labute approximate surface area is 110 Å². The van der Waals surface area contributed by atoms with E-state index in [1.807, 2.05) is 26.8 Å². The molecule has 0 aliphatic rings. The first kappa shape index (κ1) is 12.8. The largest absolute Gasteiger partial charge is 0.289 e. The molecule has 6 nitrogen and oxygen atoms in total. The van der Waals surface area contributed by atoms with Crippen LogP contribution in [0.3, 0.4) is 0 Å². The van der Waals surface area contributed by atoms with Crippen LogP contribution in [-0.2, 0) is 0 Å². The Balaban J connectivity index is 2.64. The summed E-state index contributed by atoms with van der Waals surface area (Å²) in [4.78, 5) is 10.4. The van der Waals surface area contributed by atoms with E-state index in [2.05, 4.69) is 5.10 Å². The number of aryl methyl sites for hydroxylation is 1. The molecular formula is C13H12N4O2. The van der Waals surface area contributed by atoms with Crippen molar-refractivity contribution in [1.29, 1.82) is 5.26 Å². The van der Waals surface area contributed by atoms with Crippen LogP contribution in [0.1, 0.15) is 22.5 Å². The molecule has 19 heavy (non-hydrogen) atoms. The van der Waals surface area contributed by atoms with Crippen LogP contribution >= 0.6 is 0 Å². The molecular weight excluding hydrogens is 244 g/mol. The van der Waals surface area contributed by atoms with Gasteiger partial charge in [0.25, 0.3) is 5.69 Å². The van der Waals surface area contributed by atoms with Gasteiger partial charge in [0.1, 0.15) is 11.6 Å². The summed E-state index contributed by atoms with van der Waals surface area (Å²) in [5.74, 6) is 0. The molecule has 0 atom stereocenters. The van der Waals surface area contributed by atoms with Gasteiger partial charge in [-0.25, -0.2) is 4.68 Å². The molecule has 0 unspecified atom stereocenters. The first-order valence-corrected chi connectivity index (χ1v) is 5.67. The van der Waals surface area contributed by atoms with Crippen LogP contribution in [0.25, 0.3) is 5.69 Å². The van der Waals surface area contributed by atoms with Crippen LogP contribution in [0, 0.1) is 42.2 Å². The Kier molecular flexibility index (Phi) is 3.05. The Bertz CT molecular complexity index is 710. The van der Waals surface area contributed by atoms with Gasteiger partial charge in [-0.05, 0) is 38.5 Å². The first-order valence-electron chi connectivity index (χ1n) is 5.67. The third kappa shape index (κ3) is 2.06. The van der Waals surface area contributed by atoms with Gasteiger partial charge in [0, 0.05) is 11.8 Å². The summed E-state index contributed by atoms with van der Waals surface area (Å²) in [7, 11) is 0. The van der Waals surface area contributed by atoms with Gasteiger partial charge in [-0.1, -0.05) is 0 Å². The van der Waals surface area contributed by atoms with E-state index in [9.17, 15) is 10.1 Å². The maximum Gasteiger partial charge on any atom is 0.289 e. The van der Waals surface area contributed by atoms with E-state index in [1.54, 1.807) is 10.7 Å². The molecule has 1 aromatic carbocycles. The minimum Gasteiger partial charge on any atom is -0.258 e. The maximum atomic E-state index is 10.9. The standard InChI is InChI=1S/C13H12N4O2/c1-8-9(2)15-16(10(8)3)12-5-4-11(7-14)13(6-12)17(18)19/h4-6H,1-3H3. The molecule has 0 aliphatic carbocycles. The Hall–Kier alpha value is -2.68. The summed E-state index contributed by atoms with van der Waals surface area (Å²) in [5, 5.41) is 24.1. The van der Waals surface area contributed by atoms with Gasteiger partial charge in [-0.3, -0.25) is 10.1 Å². The van der Waals surface area contributed by atoms with Crippen LogP contribution in [-0.4, -0.2) is 14.7 Å². The molecule has 0 radical (unpaired) electrons. The molecule has 2 aromatic rings. The Morgan fingerprint density at radius 1 is 1.37 bits per heavy atom. The average molecular weight is 256 g/mol. The van der Waals surface area contributed by atoms with E-state index in [0.717, 1.165) is 17.0 Å². The monoisotopic (exact) mass is 256 g/mol. The lowest BCUT2D eigenvalue weighted by atomic mass is 10.1. The third-order valence-corrected chi connectivity index (χ3v) is 3.20. The van der Waals surface area contributed by atoms with Gasteiger partial charge in [-0.15, -0.1) is 0 Å². The summed E-state index contributed by atoms with van der Waals surface area (Å²) < 4.78 is 1.65. The van der Waals surface area contributed by atoms with Crippen molar-refractivity contribution in [2.24, 2.45) is 0 Å². The molecule has 0 fully saturated rings. The quantitative estimate of drug-likeness (QED) is 0.610. The van der Waals surface area contributed by atoms with Crippen LogP contribution in [0.5, 0.6) is 0 Å². The van der Waals surface area contributed by atoms with Crippen molar-refractivity contribution in [2.75, 3.05) is 0 Å². The summed E-state index contributed by atoms with van der Waals surface area (Å²) >= 11 is 0. The van der Waals surface area contributed by atoms with E-state index in [-0.39, 0.29) is 11.3 Å². The van der Waals surface area contributed by atoms with Gasteiger partial charge in [0.05, 0.1) is 16.3 Å².